The highest BCUT2D eigenvalue weighted by molar-refractivity contribution is 7.14. The van der Waals surface area contributed by atoms with Gasteiger partial charge >= 0.3 is 0 Å². The van der Waals surface area contributed by atoms with E-state index in [1.807, 2.05) is 11.8 Å². The number of carbonyl (C=O) groups is 1. The van der Waals surface area contributed by atoms with Crippen molar-refractivity contribution in [1.29, 1.82) is 0 Å². The number of ether oxygens (including phenoxy) is 1. The number of amides is 1. The molecule has 19 heavy (non-hydrogen) atoms. The lowest BCUT2D eigenvalue weighted by atomic mass is 10.1. The highest BCUT2D eigenvalue weighted by atomic mass is 32.1. The fourth-order valence-electron chi connectivity index (χ4n) is 3.20. The monoisotopic (exact) mass is 279 g/mol. The zero-order chi connectivity index (χ0) is 13.6. The van der Waals surface area contributed by atoms with E-state index in [-0.39, 0.29) is 17.6 Å². The number of aryl methyl sites for hydroxylation is 2. The Kier molecular flexibility index (Phi) is 3.18. The normalized spacial score (nSPS) is 25.4. The molecule has 1 saturated heterocycles. The van der Waals surface area contributed by atoms with E-state index in [1.54, 1.807) is 11.3 Å². The molecule has 3 nitrogen and oxygen atoms in total. The molecule has 2 aliphatic rings. The van der Waals surface area contributed by atoms with Gasteiger partial charge in [0.05, 0.1) is 16.6 Å². The quantitative estimate of drug-likeness (QED) is 0.791. The largest absolute Gasteiger partial charge is 0.369 e. The molecule has 1 aromatic heterocycles. The van der Waals surface area contributed by atoms with Crippen molar-refractivity contribution in [1.82, 2.24) is 4.90 Å². The second-order valence-electron chi connectivity index (χ2n) is 6.29. The lowest BCUT2D eigenvalue weighted by Gasteiger charge is -2.41. The van der Waals surface area contributed by atoms with E-state index in [1.165, 1.54) is 16.9 Å². The maximum absolute atomic E-state index is 12.6. The van der Waals surface area contributed by atoms with Gasteiger partial charge in [-0.2, -0.15) is 0 Å². The van der Waals surface area contributed by atoms with Gasteiger partial charge < -0.3 is 9.64 Å². The fraction of sp³-hybridized carbons (Fsp3) is 0.667. The number of fused-ring (bicyclic) bond motifs is 1. The predicted octanol–water partition coefficient (Wildman–Crippen LogP) is 2.88. The van der Waals surface area contributed by atoms with Crippen LogP contribution in [-0.2, 0) is 17.6 Å². The molecule has 0 N–H and O–H groups in total. The number of thiophene rings is 1. The van der Waals surface area contributed by atoms with Crippen LogP contribution in [0.5, 0.6) is 0 Å². The minimum atomic E-state index is -0.243. The summed E-state index contributed by atoms with van der Waals surface area (Å²) in [5.41, 5.74) is 1.15. The summed E-state index contributed by atoms with van der Waals surface area (Å²) in [6.07, 6.45) is 3.65. The van der Waals surface area contributed by atoms with Gasteiger partial charge in [0.1, 0.15) is 0 Å². The lowest BCUT2D eigenvalue weighted by Crippen LogP contribution is -2.53. The Balaban J connectivity index is 1.79. The maximum atomic E-state index is 12.6. The van der Waals surface area contributed by atoms with E-state index < -0.39 is 0 Å². The van der Waals surface area contributed by atoms with Crippen molar-refractivity contribution in [2.75, 3.05) is 13.1 Å². The lowest BCUT2D eigenvalue weighted by molar-refractivity contribution is -0.118. The first-order valence-electron chi connectivity index (χ1n) is 7.03. The predicted molar refractivity (Wildman–Crippen MR) is 76.9 cm³/mol. The summed E-state index contributed by atoms with van der Waals surface area (Å²) in [7, 11) is 0. The van der Waals surface area contributed by atoms with Crippen LogP contribution in [0.1, 0.15) is 47.3 Å². The molecule has 0 aromatic carbocycles. The van der Waals surface area contributed by atoms with Gasteiger partial charge in [-0.1, -0.05) is 0 Å². The first kappa shape index (κ1) is 13.1. The Bertz CT molecular complexity index is 485. The van der Waals surface area contributed by atoms with Crippen LogP contribution >= 0.6 is 11.3 Å². The smallest absolute Gasteiger partial charge is 0.264 e. The molecule has 104 valence electrons. The molecule has 4 heteroatoms. The Morgan fingerprint density at radius 3 is 2.95 bits per heavy atom. The molecular weight excluding hydrogens is 258 g/mol. The molecule has 1 aromatic rings. The zero-order valence-corrected chi connectivity index (χ0v) is 12.7. The van der Waals surface area contributed by atoms with E-state index >= 15 is 0 Å². The molecule has 1 amide bonds. The molecular formula is C15H21NO2S. The van der Waals surface area contributed by atoms with Crippen LogP contribution in [0.2, 0.25) is 0 Å². The Hall–Kier alpha value is -0.870. The number of nitrogens with zero attached hydrogens (tertiary/aromatic N) is 1. The zero-order valence-electron chi connectivity index (χ0n) is 11.9. The maximum Gasteiger partial charge on any atom is 0.264 e. The Labute approximate surface area is 118 Å². The second kappa shape index (κ2) is 4.60. The Morgan fingerprint density at radius 1 is 1.47 bits per heavy atom. The third-order valence-electron chi connectivity index (χ3n) is 3.81. The summed E-state index contributed by atoms with van der Waals surface area (Å²) < 4.78 is 5.86. The van der Waals surface area contributed by atoms with Crippen LogP contribution in [0.3, 0.4) is 0 Å². The molecule has 2 heterocycles. The van der Waals surface area contributed by atoms with Gasteiger partial charge in [-0.05, 0) is 51.7 Å². The van der Waals surface area contributed by atoms with E-state index in [0.29, 0.717) is 13.1 Å². The standard InChI is InChI=1S/C15H21NO2S/c1-10-8-16(9-15(2,3)18-10)14(17)13-7-11-5-4-6-12(11)19-13/h7,10H,4-6,8-9H2,1-3H3. The summed E-state index contributed by atoms with van der Waals surface area (Å²) >= 11 is 1.69. The third-order valence-corrected chi connectivity index (χ3v) is 5.04. The third kappa shape index (κ3) is 2.56. The van der Waals surface area contributed by atoms with Crippen molar-refractivity contribution in [3.8, 4) is 0 Å². The van der Waals surface area contributed by atoms with Crippen LogP contribution in [0.15, 0.2) is 6.07 Å². The summed E-state index contributed by atoms with van der Waals surface area (Å²) in [4.78, 5) is 16.9. The van der Waals surface area contributed by atoms with Gasteiger partial charge in [-0.15, -0.1) is 11.3 Å². The number of hydrogen-bond donors (Lipinski definition) is 0. The fourth-order valence-corrected chi connectivity index (χ4v) is 4.42. The molecule has 1 fully saturated rings. The van der Waals surface area contributed by atoms with Crippen molar-refractivity contribution in [2.24, 2.45) is 0 Å². The van der Waals surface area contributed by atoms with Crippen LogP contribution in [0.25, 0.3) is 0 Å². The van der Waals surface area contributed by atoms with Crippen LogP contribution in [0.4, 0.5) is 0 Å². The van der Waals surface area contributed by atoms with E-state index in [9.17, 15) is 4.79 Å². The van der Waals surface area contributed by atoms with Gasteiger partial charge in [0.25, 0.3) is 5.91 Å². The highest BCUT2D eigenvalue weighted by Gasteiger charge is 2.34. The van der Waals surface area contributed by atoms with E-state index in [0.717, 1.165) is 17.7 Å². The number of hydrogen-bond acceptors (Lipinski definition) is 3. The summed E-state index contributed by atoms with van der Waals surface area (Å²) in [6, 6.07) is 2.11. The van der Waals surface area contributed by atoms with Crippen molar-refractivity contribution in [3.05, 3.63) is 21.4 Å². The molecule has 1 atom stereocenters. The summed E-state index contributed by atoms with van der Waals surface area (Å²) in [5.74, 6) is 0.183. The molecule has 1 aliphatic carbocycles. The molecule has 0 saturated carbocycles. The second-order valence-corrected chi connectivity index (χ2v) is 7.42. The van der Waals surface area contributed by atoms with Gasteiger partial charge in [0.15, 0.2) is 0 Å². The van der Waals surface area contributed by atoms with Gasteiger partial charge in [-0.3, -0.25) is 4.79 Å². The van der Waals surface area contributed by atoms with Crippen LogP contribution in [0, 0.1) is 0 Å². The topological polar surface area (TPSA) is 29.5 Å². The first-order chi connectivity index (χ1) is 8.94. The van der Waals surface area contributed by atoms with Crippen LogP contribution < -0.4 is 0 Å². The molecule has 0 spiro atoms. The van der Waals surface area contributed by atoms with Crippen molar-refractivity contribution >= 4 is 17.2 Å². The first-order valence-corrected chi connectivity index (χ1v) is 7.85. The summed E-state index contributed by atoms with van der Waals surface area (Å²) in [6.45, 7) is 7.52. The summed E-state index contributed by atoms with van der Waals surface area (Å²) in [5, 5.41) is 0. The van der Waals surface area contributed by atoms with Crippen LogP contribution in [-0.4, -0.2) is 35.6 Å². The molecule has 1 unspecified atom stereocenters. The van der Waals surface area contributed by atoms with E-state index in [4.69, 9.17) is 4.74 Å². The number of carbonyl (C=O) groups excluding carboxylic acids is 1. The molecule has 1 aliphatic heterocycles. The van der Waals surface area contributed by atoms with Gasteiger partial charge in [-0.25, -0.2) is 0 Å². The average molecular weight is 279 g/mol. The molecule has 0 radical (unpaired) electrons. The van der Waals surface area contributed by atoms with Crippen molar-refractivity contribution in [2.45, 2.75) is 51.7 Å². The molecule has 3 rings (SSSR count). The minimum absolute atomic E-state index is 0.111. The highest BCUT2D eigenvalue weighted by Crippen LogP contribution is 2.32. The number of morpholine rings is 1. The van der Waals surface area contributed by atoms with Crippen molar-refractivity contribution < 1.29 is 9.53 Å². The van der Waals surface area contributed by atoms with Gasteiger partial charge in [0, 0.05) is 18.0 Å². The van der Waals surface area contributed by atoms with Crippen molar-refractivity contribution in [3.63, 3.8) is 0 Å². The average Bonchev–Trinajstić information content (AvgIpc) is 2.84. The SMILES string of the molecule is CC1CN(C(=O)c2cc3c(s2)CCC3)CC(C)(C)O1. The minimum Gasteiger partial charge on any atom is -0.369 e. The number of rotatable bonds is 1. The Morgan fingerprint density at radius 2 is 2.26 bits per heavy atom. The van der Waals surface area contributed by atoms with E-state index in [2.05, 4.69) is 19.9 Å². The van der Waals surface area contributed by atoms with Gasteiger partial charge in [0.2, 0.25) is 0 Å². The molecule has 0 bridgehead atoms.